The van der Waals surface area contributed by atoms with E-state index >= 15 is 0 Å². The van der Waals surface area contributed by atoms with Crippen LogP contribution in [0.25, 0.3) is 11.8 Å². The van der Waals surface area contributed by atoms with Gasteiger partial charge in [-0.3, -0.25) is 9.36 Å². The summed E-state index contributed by atoms with van der Waals surface area (Å²) < 4.78 is 1.72. The first-order chi connectivity index (χ1) is 8.20. The van der Waals surface area contributed by atoms with Gasteiger partial charge < -0.3 is 0 Å². The van der Waals surface area contributed by atoms with Crippen LogP contribution >= 0.6 is 0 Å². The molecule has 0 unspecified atom stereocenters. The monoisotopic (exact) mass is 236 g/mol. The summed E-state index contributed by atoms with van der Waals surface area (Å²) in [5, 5.41) is 0. The van der Waals surface area contributed by atoms with Crippen molar-refractivity contribution < 1.29 is 4.79 Å². The second kappa shape index (κ2) is 10.9. The molecule has 0 spiro atoms. The van der Waals surface area contributed by atoms with Gasteiger partial charge in [-0.2, -0.15) is 0 Å². The summed E-state index contributed by atoms with van der Waals surface area (Å²) in [6.45, 7) is 15.4. The van der Waals surface area contributed by atoms with E-state index in [-0.39, 0.29) is 0 Å². The first-order valence-electron chi connectivity index (χ1n) is 5.99. The summed E-state index contributed by atoms with van der Waals surface area (Å²) in [5.41, 5.74) is 1.57. The molecule has 1 aromatic heterocycles. The lowest BCUT2D eigenvalue weighted by atomic mass is 10.2. The van der Waals surface area contributed by atoms with Crippen LogP contribution in [0.2, 0.25) is 0 Å². The van der Waals surface area contributed by atoms with E-state index in [9.17, 15) is 4.79 Å². The third kappa shape index (κ3) is 5.29. The standard InChI is InChI=1S/C10H12N2O.2C2H6/c1-4-10-11-5-6-12(10)9(7-13)8(2)3;2*1-2/h4-7H,1H2,2-3H3;2*1-2H3. The molecule has 0 atom stereocenters. The number of aldehydes is 1. The van der Waals surface area contributed by atoms with E-state index in [0.29, 0.717) is 11.5 Å². The number of nitrogens with zero attached hydrogens (tertiary/aromatic N) is 2. The number of hydrogen-bond acceptors (Lipinski definition) is 2. The lowest BCUT2D eigenvalue weighted by molar-refractivity contribution is -0.103. The molecular weight excluding hydrogens is 212 g/mol. The molecule has 0 fully saturated rings. The Morgan fingerprint density at radius 1 is 1.29 bits per heavy atom. The fourth-order valence-electron chi connectivity index (χ4n) is 1.09. The highest BCUT2D eigenvalue weighted by Crippen LogP contribution is 2.11. The van der Waals surface area contributed by atoms with E-state index < -0.39 is 0 Å². The molecule has 0 saturated carbocycles. The molecular formula is C14H24N2O. The molecule has 1 heterocycles. The van der Waals surface area contributed by atoms with Crippen molar-refractivity contribution in [1.29, 1.82) is 0 Å². The van der Waals surface area contributed by atoms with Crippen LogP contribution in [0, 0.1) is 0 Å². The predicted molar refractivity (Wildman–Crippen MR) is 75.6 cm³/mol. The molecule has 1 aromatic rings. The molecule has 3 nitrogen and oxygen atoms in total. The minimum Gasteiger partial charge on any atom is -0.297 e. The Balaban J connectivity index is 0. The van der Waals surface area contributed by atoms with Crippen LogP contribution in [0.3, 0.4) is 0 Å². The number of carbonyl (C=O) groups excluding carboxylic acids is 1. The molecule has 0 radical (unpaired) electrons. The molecule has 0 saturated heterocycles. The average molecular weight is 236 g/mol. The summed E-state index contributed by atoms with van der Waals surface area (Å²) in [7, 11) is 0. The van der Waals surface area contributed by atoms with Gasteiger partial charge in [-0.15, -0.1) is 0 Å². The van der Waals surface area contributed by atoms with Crippen LogP contribution in [-0.2, 0) is 4.79 Å². The maximum absolute atomic E-state index is 10.8. The minimum atomic E-state index is 0.618. The Morgan fingerprint density at radius 3 is 2.18 bits per heavy atom. The van der Waals surface area contributed by atoms with Crippen molar-refractivity contribution in [3.63, 3.8) is 0 Å². The van der Waals surface area contributed by atoms with Crippen molar-refractivity contribution in [2.24, 2.45) is 0 Å². The highest BCUT2D eigenvalue weighted by Gasteiger charge is 2.04. The molecule has 96 valence electrons. The highest BCUT2D eigenvalue weighted by molar-refractivity contribution is 6.00. The molecule has 3 heteroatoms. The smallest absolute Gasteiger partial charge is 0.166 e. The first-order valence-corrected chi connectivity index (χ1v) is 5.99. The number of carbonyl (C=O) groups is 1. The second-order valence-corrected chi connectivity index (χ2v) is 2.86. The Kier molecular flexibility index (Phi) is 11.3. The van der Waals surface area contributed by atoms with Crippen LogP contribution in [0.4, 0.5) is 0 Å². The predicted octanol–water partition coefficient (Wildman–Crippen LogP) is 4.03. The average Bonchev–Trinajstić information content (AvgIpc) is 2.83. The van der Waals surface area contributed by atoms with E-state index in [1.165, 1.54) is 0 Å². The topological polar surface area (TPSA) is 34.9 Å². The van der Waals surface area contributed by atoms with Crippen molar-refractivity contribution >= 4 is 18.1 Å². The molecule has 0 aliphatic rings. The minimum absolute atomic E-state index is 0.618. The van der Waals surface area contributed by atoms with Crippen LogP contribution in [0.5, 0.6) is 0 Å². The van der Waals surface area contributed by atoms with Gasteiger partial charge in [0, 0.05) is 12.4 Å². The van der Waals surface area contributed by atoms with Gasteiger partial charge in [0.15, 0.2) is 6.29 Å². The first kappa shape index (κ1) is 17.7. The molecule has 0 aliphatic heterocycles. The van der Waals surface area contributed by atoms with Gasteiger partial charge in [0.1, 0.15) is 5.82 Å². The van der Waals surface area contributed by atoms with E-state index in [1.807, 2.05) is 41.5 Å². The summed E-state index contributed by atoms with van der Waals surface area (Å²) in [5.74, 6) is 0.684. The van der Waals surface area contributed by atoms with Crippen molar-refractivity contribution in [2.75, 3.05) is 0 Å². The quantitative estimate of drug-likeness (QED) is 0.586. The lowest BCUT2D eigenvalue weighted by Crippen LogP contribution is -2.01. The van der Waals surface area contributed by atoms with Crippen LogP contribution in [0.1, 0.15) is 47.4 Å². The van der Waals surface area contributed by atoms with Gasteiger partial charge in [-0.1, -0.05) is 34.3 Å². The lowest BCUT2D eigenvalue weighted by Gasteiger charge is -2.05. The zero-order valence-electron chi connectivity index (χ0n) is 11.8. The zero-order chi connectivity index (χ0) is 13.8. The third-order valence-corrected chi connectivity index (χ3v) is 1.74. The Labute approximate surface area is 105 Å². The Hall–Kier alpha value is -1.64. The van der Waals surface area contributed by atoms with Gasteiger partial charge in [-0.05, 0) is 25.5 Å². The van der Waals surface area contributed by atoms with E-state index in [0.717, 1.165) is 11.9 Å². The fraction of sp³-hybridized carbons (Fsp3) is 0.429. The summed E-state index contributed by atoms with van der Waals surface area (Å²) in [6, 6.07) is 0. The van der Waals surface area contributed by atoms with Crippen molar-refractivity contribution in [3.05, 3.63) is 30.4 Å². The molecule has 0 N–H and O–H groups in total. The molecule has 17 heavy (non-hydrogen) atoms. The second-order valence-electron chi connectivity index (χ2n) is 2.86. The third-order valence-electron chi connectivity index (χ3n) is 1.74. The van der Waals surface area contributed by atoms with E-state index in [4.69, 9.17) is 0 Å². The molecule has 0 aliphatic carbocycles. The maximum Gasteiger partial charge on any atom is 0.166 e. The van der Waals surface area contributed by atoms with Crippen LogP contribution < -0.4 is 0 Å². The largest absolute Gasteiger partial charge is 0.297 e. The van der Waals surface area contributed by atoms with Gasteiger partial charge >= 0.3 is 0 Å². The summed E-state index contributed by atoms with van der Waals surface area (Å²) in [4.78, 5) is 14.8. The van der Waals surface area contributed by atoms with Crippen molar-refractivity contribution in [1.82, 2.24) is 9.55 Å². The van der Waals surface area contributed by atoms with Crippen LogP contribution in [0.15, 0.2) is 24.5 Å². The number of allylic oxidation sites excluding steroid dienone is 2. The summed E-state index contributed by atoms with van der Waals surface area (Å²) >= 11 is 0. The maximum atomic E-state index is 10.8. The van der Waals surface area contributed by atoms with E-state index in [2.05, 4.69) is 11.6 Å². The van der Waals surface area contributed by atoms with Gasteiger partial charge in [0.05, 0.1) is 5.70 Å². The zero-order valence-corrected chi connectivity index (χ0v) is 11.8. The normalized spacial score (nSPS) is 7.88. The molecule has 0 bridgehead atoms. The van der Waals surface area contributed by atoms with E-state index in [1.54, 1.807) is 23.0 Å². The molecule has 0 aromatic carbocycles. The Bertz CT molecular complexity index is 358. The number of imidazole rings is 1. The van der Waals surface area contributed by atoms with Gasteiger partial charge in [0.25, 0.3) is 0 Å². The fourth-order valence-corrected chi connectivity index (χ4v) is 1.09. The summed E-state index contributed by atoms with van der Waals surface area (Å²) in [6.07, 6.45) is 5.83. The highest BCUT2D eigenvalue weighted by atomic mass is 16.1. The van der Waals surface area contributed by atoms with Crippen molar-refractivity contribution in [2.45, 2.75) is 41.5 Å². The number of rotatable bonds is 3. The SMILES string of the molecule is C=Cc1nccn1C(C=O)=C(C)C.CC.CC. The van der Waals surface area contributed by atoms with Crippen LogP contribution in [-0.4, -0.2) is 15.8 Å². The van der Waals surface area contributed by atoms with Gasteiger partial charge in [-0.25, -0.2) is 4.98 Å². The molecule has 0 amide bonds. The number of hydrogen-bond donors (Lipinski definition) is 0. The Morgan fingerprint density at radius 2 is 1.82 bits per heavy atom. The number of aromatic nitrogens is 2. The van der Waals surface area contributed by atoms with Gasteiger partial charge in [0.2, 0.25) is 0 Å². The van der Waals surface area contributed by atoms with Crippen molar-refractivity contribution in [3.8, 4) is 0 Å². The molecule has 1 rings (SSSR count).